The maximum Gasteiger partial charge on any atom is 0.178 e. The summed E-state index contributed by atoms with van der Waals surface area (Å²) in [6.07, 6.45) is 0. The van der Waals surface area contributed by atoms with Crippen molar-refractivity contribution < 1.29 is 4.52 Å². The highest BCUT2D eigenvalue weighted by molar-refractivity contribution is 9.10. The van der Waals surface area contributed by atoms with E-state index in [0.717, 1.165) is 21.2 Å². The molecule has 0 fully saturated rings. The summed E-state index contributed by atoms with van der Waals surface area (Å²) in [5, 5.41) is 4.46. The normalized spacial score (nSPS) is 10.8. The van der Waals surface area contributed by atoms with E-state index in [1.165, 1.54) is 5.56 Å². The van der Waals surface area contributed by atoms with Crippen LogP contribution in [0.5, 0.6) is 0 Å². The van der Waals surface area contributed by atoms with E-state index in [1.807, 2.05) is 49.4 Å². The molecule has 0 aliphatic rings. The molecule has 0 bridgehead atoms. The van der Waals surface area contributed by atoms with Crippen LogP contribution in [0.3, 0.4) is 0 Å². The number of rotatable bonds is 2. The zero-order valence-electron chi connectivity index (χ0n) is 11.2. The van der Waals surface area contributed by atoms with Crippen LogP contribution >= 0.6 is 27.5 Å². The molecule has 3 rings (SSSR count). The lowest BCUT2D eigenvalue weighted by atomic mass is 10.0. The minimum Gasteiger partial charge on any atom is -0.380 e. The highest BCUT2D eigenvalue weighted by Gasteiger charge is 2.20. The third kappa shape index (κ3) is 2.57. The molecule has 0 unspecified atom stereocenters. The van der Waals surface area contributed by atoms with Crippen LogP contribution in [0, 0.1) is 6.92 Å². The van der Waals surface area contributed by atoms with Gasteiger partial charge in [0.1, 0.15) is 0 Å². The number of anilines is 1. The Labute approximate surface area is 135 Å². The molecule has 0 atom stereocenters. The van der Waals surface area contributed by atoms with Gasteiger partial charge in [-0.15, -0.1) is 0 Å². The van der Waals surface area contributed by atoms with Gasteiger partial charge in [0.2, 0.25) is 0 Å². The first kappa shape index (κ1) is 14.2. The number of aromatic nitrogens is 1. The molecule has 0 aliphatic carbocycles. The summed E-state index contributed by atoms with van der Waals surface area (Å²) in [7, 11) is 0. The van der Waals surface area contributed by atoms with Crippen LogP contribution in [0.2, 0.25) is 5.02 Å². The monoisotopic (exact) mass is 362 g/mol. The second-order valence-corrected chi connectivity index (χ2v) is 5.97. The van der Waals surface area contributed by atoms with Crippen molar-refractivity contribution in [1.29, 1.82) is 0 Å². The van der Waals surface area contributed by atoms with Crippen molar-refractivity contribution in [3.63, 3.8) is 0 Å². The fraction of sp³-hybridized carbons (Fsp3) is 0.0625. The summed E-state index contributed by atoms with van der Waals surface area (Å²) in [6.45, 7) is 2.03. The van der Waals surface area contributed by atoms with E-state index in [2.05, 4.69) is 21.1 Å². The second-order valence-electron chi connectivity index (χ2n) is 4.74. The minimum absolute atomic E-state index is 0.352. The number of hydrogen-bond acceptors (Lipinski definition) is 3. The van der Waals surface area contributed by atoms with Gasteiger partial charge in [0.15, 0.2) is 11.6 Å². The predicted octanol–water partition coefficient (Wildman–Crippen LogP) is 5.32. The van der Waals surface area contributed by atoms with E-state index in [4.69, 9.17) is 21.9 Å². The molecule has 1 aromatic heterocycles. The van der Waals surface area contributed by atoms with Crippen molar-refractivity contribution in [2.45, 2.75) is 6.92 Å². The van der Waals surface area contributed by atoms with Gasteiger partial charge in [0.05, 0.1) is 10.6 Å². The first-order valence-electron chi connectivity index (χ1n) is 6.34. The number of nitrogen functional groups attached to an aromatic ring is 1. The molecule has 106 valence electrons. The first-order valence-corrected chi connectivity index (χ1v) is 7.51. The quantitative estimate of drug-likeness (QED) is 0.671. The third-order valence-corrected chi connectivity index (χ3v) is 4.55. The molecule has 3 aromatic rings. The Morgan fingerprint density at radius 2 is 1.86 bits per heavy atom. The van der Waals surface area contributed by atoms with Crippen molar-refractivity contribution in [3.8, 4) is 22.5 Å². The fourth-order valence-corrected chi connectivity index (χ4v) is 2.74. The highest BCUT2D eigenvalue weighted by Crippen LogP contribution is 2.41. The number of benzene rings is 2. The van der Waals surface area contributed by atoms with Crippen LogP contribution in [0.25, 0.3) is 22.5 Å². The van der Waals surface area contributed by atoms with Gasteiger partial charge >= 0.3 is 0 Å². The molecule has 0 amide bonds. The maximum atomic E-state index is 6.35. The van der Waals surface area contributed by atoms with E-state index in [9.17, 15) is 0 Å². The molecule has 5 heteroatoms. The van der Waals surface area contributed by atoms with Gasteiger partial charge < -0.3 is 10.3 Å². The molecular formula is C16H12BrClN2O. The minimum atomic E-state index is 0.352. The van der Waals surface area contributed by atoms with Crippen molar-refractivity contribution in [2.24, 2.45) is 0 Å². The molecule has 1 heterocycles. The number of nitrogens with zero attached hydrogens (tertiary/aromatic N) is 1. The molecule has 0 spiro atoms. The van der Waals surface area contributed by atoms with E-state index in [0.29, 0.717) is 16.6 Å². The van der Waals surface area contributed by atoms with Crippen molar-refractivity contribution in [1.82, 2.24) is 5.16 Å². The maximum absolute atomic E-state index is 6.35. The number of nitrogens with two attached hydrogens (primary N) is 1. The number of hydrogen-bond donors (Lipinski definition) is 1. The average Bonchev–Trinajstić information content (AvgIpc) is 2.85. The Morgan fingerprint density at radius 1 is 1.14 bits per heavy atom. The fourth-order valence-electron chi connectivity index (χ4n) is 2.16. The molecule has 21 heavy (non-hydrogen) atoms. The smallest absolute Gasteiger partial charge is 0.178 e. The molecule has 3 nitrogen and oxygen atoms in total. The molecule has 0 radical (unpaired) electrons. The SMILES string of the molecule is Cc1ccc(-c2c(N)noc2-c2cccc(Br)c2Cl)cc1. The van der Waals surface area contributed by atoms with E-state index in [1.54, 1.807) is 0 Å². The Bertz CT molecular complexity index is 797. The van der Waals surface area contributed by atoms with Gasteiger partial charge in [-0.05, 0) is 40.5 Å². The largest absolute Gasteiger partial charge is 0.380 e. The summed E-state index contributed by atoms with van der Waals surface area (Å²) < 4.78 is 6.22. The van der Waals surface area contributed by atoms with E-state index < -0.39 is 0 Å². The summed E-state index contributed by atoms with van der Waals surface area (Å²) in [5.41, 5.74) is 9.62. The Morgan fingerprint density at radius 3 is 2.57 bits per heavy atom. The van der Waals surface area contributed by atoms with Gasteiger partial charge in [-0.1, -0.05) is 52.7 Å². The van der Waals surface area contributed by atoms with Crippen LogP contribution in [-0.4, -0.2) is 5.16 Å². The molecule has 2 N–H and O–H groups in total. The molecule has 0 saturated heterocycles. The van der Waals surface area contributed by atoms with Gasteiger partial charge in [-0.25, -0.2) is 0 Å². The summed E-state index contributed by atoms with van der Waals surface area (Å²) in [5.74, 6) is 0.924. The Balaban J connectivity index is 2.22. The zero-order chi connectivity index (χ0) is 15.0. The zero-order valence-corrected chi connectivity index (χ0v) is 13.6. The Kier molecular flexibility index (Phi) is 3.74. The lowest BCUT2D eigenvalue weighted by Gasteiger charge is -2.06. The lowest BCUT2D eigenvalue weighted by molar-refractivity contribution is 0.436. The standard InChI is InChI=1S/C16H12BrClN2O/c1-9-5-7-10(8-6-9)13-15(21-20-16(13)19)11-3-2-4-12(17)14(11)18/h2-8H,1H3,(H2,19,20). The van der Waals surface area contributed by atoms with E-state index >= 15 is 0 Å². The number of halogens is 2. The predicted molar refractivity (Wildman–Crippen MR) is 89.2 cm³/mol. The van der Waals surface area contributed by atoms with Crippen molar-refractivity contribution in [2.75, 3.05) is 5.73 Å². The van der Waals surface area contributed by atoms with Crippen molar-refractivity contribution in [3.05, 3.63) is 57.5 Å². The Hall–Kier alpha value is -1.78. The second kappa shape index (κ2) is 5.54. The summed E-state index contributed by atoms with van der Waals surface area (Å²) in [6, 6.07) is 13.7. The molecule has 0 saturated carbocycles. The highest BCUT2D eigenvalue weighted by atomic mass is 79.9. The molecular weight excluding hydrogens is 352 g/mol. The molecule has 2 aromatic carbocycles. The van der Waals surface area contributed by atoms with Gasteiger partial charge in [0.25, 0.3) is 0 Å². The first-order chi connectivity index (χ1) is 10.1. The summed E-state index contributed by atoms with van der Waals surface area (Å²) in [4.78, 5) is 0. The molecule has 0 aliphatic heterocycles. The third-order valence-electron chi connectivity index (χ3n) is 3.25. The van der Waals surface area contributed by atoms with Crippen LogP contribution in [0.1, 0.15) is 5.56 Å². The van der Waals surface area contributed by atoms with Gasteiger partial charge in [-0.3, -0.25) is 0 Å². The van der Waals surface area contributed by atoms with Gasteiger partial charge in [-0.2, -0.15) is 0 Å². The topological polar surface area (TPSA) is 52.0 Å². The lowest BCUT2D eigenvalue weighted by Crippen LogP contribution is -1.89. The average molecular weight is 364 g/mol. The van der Waals surface area contributed by atoms with Crippen LogP contribution in [-0.2, 0) is 0 Å². The number of aryl methyl sites for hydroxylation is 1. The van der Waals surface area contributed by atoms with Crippen molar-refractivity contribution >= 4 is 33.3 Å². The van der Waals surface area contributed by atoms with E-state index in [-0.39, 0.29) is 0 Å². The summed E-state index contributed by atoms with van der Waals surface area (Å²) >= 11 is 9.76. The van der Waals surface area contributed by atoms with Gasteiger partial charge in [0, 0.05) is 10.0 Å². The van der Waals surface area contributed by atoms with Crippen LogP contribution in [0.15, 0.2) is 51.5 Å². The van der Waals surface area contributed by atoms with Crippen LogP contribution in [0.4, 0.5) is 5.82 Å². The van der Waals surface area contributed by atoms with Crippen LogP contribution < -0.4 is 5.73 Å².